The number of nitrogens with zero attached hydrogens (tertiary/aromatic N) is 2. The second-order valence-electron chi connectivity index (χ2n) is 4.06. The Kier molecular flexibility index (Phi) is 5.78. The van der Waals surface area contributed by atoms with E-state index in [2.05, 4.69) is 22.2 Å². The van der Waals surface area contributed by atoms with Crippen molar-refractivity contribution < 1.29 is 5.11 Å². The highest BCUT2D eigenvalue weighted by atomic mass is 16.3. The lowest BCUT2D eigenvalue weighted by Crippen LogP contribution is -2.08. The van der Waals surface area contributed by atoms with Gasteiger partial charge in [-0.1, -0.05) is 13.3 Å². The minimum Gasteiger partial charge on any atom is -0.393 e. The molecule has 1 rings (SSSR count). The molecule has 0 radical (unpaired) electrons. The van der Waals surface area contributed by atoms with Crippen molar-refractivity contribution in [2.75, 3.05) is 11.9 Å². The zero-order chi connectivity index (χ0) is 11.8. The summed E-state index contributed by atoms with van der Waals surface area (Å²) < 4.78 is 0. The molecule has 0 aliphatic carbocycles. The molecule has 1 unspecified atom stereocenters. The number of aliphatic hydroxyl groups is 1. The van der Waals surface area contributed by atoms with E-state index < -0.39 is 0 Å². The van der Waals surface area contributed by atoms with Crippen LogP contribution in [-0.4, -0.2) is 27.7 Å². The number of rotatable bonds is 7. The molecular formula is C12H21N3O. The van der Waals surface area contributed by atoms with Crippen LogP contribution in [0.3, 0.4) is 0 Å². The van der Waals surface area contributed by atoms with Crippen LogP contribution in [-0.2, 0) is 6.42 Å². The maximum Gasteiger partial charge on any atom is 0.129 e. The maximum atomic E-state index is 9.11. The van der Waals surface area contributed by atoms with Crippen LogP contribution < -0.4 is 5.32 Å². The number of aliphatic hydroxyl groups excluding tert-OH is 1. The van der Waals surface area contributed by atoms with E-state index in [1.165, 1.54) is 0 Å². The highest BCUT2D eigenvalue weighted by Gasteiger charge is 1.98. The molecule has 0 saturated carbocycles. The van der Waals surface area contributed by atoms with E-state index in [9.17, 15) is 0 Å². The van der Waals surface area contributed by atoms with Crippen LogP contribution in [0, 0.1) is 0 Å². The third-order valence-corrected chi connectivity index (χ3v) is 2.33. The molecule has 1 heterocycles. The van der Waals surface area contributed by atoms with Crippen LogP contribution in [0.15, 0.2) is 12.4 Å². The van der Waals surface area contributed by atoms with E-state index in [1.54, 1.807) is 6.33 Å². The number of anilines is 1. The molecule has 0 spiro atoms. The smallest absolute Gasteiger partial charge is 0.129 e. The molecule has 1 atom stereocenters. The van der Waals surface area contributed by atoms with Gasteiger partial charge in [0.05, 0.1) is 6.10 Å². The van der Waals surface area contributed by atoms with Gasteiger partial charge in [-0.2, -0.15) is 0 Å². The molecule has 0 fully saturated rings. The summed E-state index contributed by atoms with van der Waals surface area (Å²) in [6.07, 6.45) is 5.23. The predicted molar refractivity (Wildman–Crippen MR) is 65.4 cm³/mol. The molecule has 1 aromatic heterocycles. The second kappa shape index (κ2) is 7.17. The van der Waals surface area contributed by atoms with E-state index in [4.69, 9.17) is 5.11 Å². The van der Waals surface area contributed by atoms with Crippen molar-refractivity contribution in [2.24, 2.45) is 0 Å². The molecule has 0 aliphatic heterocycles. The molecule has 4 nitrogen and oxygen atoms in total. The van der Waals surface area contributed by atoms with Gasteiger partial charge in [0, 0.05) is 18.3 Å². The van der Waals surface area contributed by atoms with Gasteiger partial charge in [-0.25, -0.2) is 9.97 Å². The average Bonchev–Trinajstić information content (AvgIpc) is 2.25. The van der Waals surface area contributed by atoms with Crippen LogP contribution in [0.2, 0.25) is 0 Å². The predicted octanol–water partition coefficient (Wildman–Crippen LogP) is 2.00. The van der Waals surface area contributed by atoms with Gasteiger partial charge in [0.1, 0.15) is 12.1 Å². The Balaban J connectivity index is 2.33. The highest BCUT2D eigenvalue weighted by molar-refractivity contribution is 5.34. The van der Waals surface area contributed by atoms with Gasteiger partial charge in [-0.15, -0.1) is 0 Å². The van der Waals surface area contributed by atoms with Gasteiger partial charge in [0.15, 0.2) is 0 Å². The lowest BCUT2D eigenvalue weighted by atomic mass is 10.2. The summed E-state index contributed by atoms with van der Waals surface area (Å²) in [4.78, 5) is 8.35. The molecule has 0 aromatic carbocycles. The van der Waals surface area contributed by atoms with Crippen molar-refractivity contribution in [3.63, 3.8) is 0 Å². The SMILES string of the molecule is CCCc1cc(NCCCC(C)O)ncn1. The summed E-state index contributed by atoms with van der Waals surface area (Å²) >= 11 is 0. The van der Waals surface area contributed by atoms with Crippen LogP contribution in [0.1, 0.15) is 38.8 Å². The largest absolute Gasteiger partial charge is 0.393 e. The van der Waals surface area contributed by atoms with Crippen molar-refractivity contribution in [3.8, 4) is 0 Å². The van der Waals surface area contributed by atoms with Crippen molar-refractivity contribution in [3.05, 3.63) is 18.1 Å². The number of hydrogen-bond donors (Lipinski definition) is 2. The lowest BCUT2D eigenvalue weighted by Gasteiger charge is -2.07. The van der Waals surface area contributed by atoms with Crippen LogP contribution in [0.5, 0.6) is 0 Å². The molecule has 4 heteroatoms. The second-order valence-corrected chi connectivity index (χ2v) is 4.06. The van der Waals surface area contributed by atoms with E-state index in [0.717, 1.165) is 43.7 Å². The standard InChI is InChI=1S/C12H21N3O/c1-3-5-11-8-12(15-9-14-11)13-7-4-6-10(2)16/h8-10,16H,3-7H2,1-2H3,(H,13,14,15). The lowest BCUT2D eigenvalue weighted by molar-refractivity contribution is 0.183. The Morgan fingerprint density at radius 2 is 2.25 bits per heavy atom. The third-order valence-electron chi connectivity index (χ3n) is 2.33. The number of hydrogen-bond acceptors (Lipinski definition) is 4. The van der Waals surface area contributed by atoms with Gasteiger partial charge in [-0.05, 0) is 26.2 Å². The minimum absolute atomic E-state index is 0.220. The Morgan fingerprint density at radius 1 is 1.44 bits per heavy atom. The van der Waals surface area contributed by atoms with E-state index in [-0.39, 0.29) is 6.10 Å². The summed E-state index contributed by atoms with van der Waals surface area (Å²) in [6.45, 7) is 4.79. The molecule has 16 heavy (non-hydrogen) atoms. The molecule has 90 valence electrons. The molecular weight excluding hydrogens is 202 g/mol. The first kappa shape index (κ1) is 12.9. The van der Waals surface area contributed by atoms with Gasteiger partial charge in [-0.3, -0.25) is 0 Å². The molecule has 0 amide bonds. The van der Waals surface area contributed by atoms with Crippen molar-refractivity contribution >= 4 is 5.82 Å². The van der Waals surface area contributed by atoms with Crippen molar-refractivity contribution in [2.45, 2.75) is 45.6 Å². The van der Waals surface area contributed by atoms with Gasteiger partial charge in [0.25, 0.3) is 0 Å². The molecule has 2 N–H and O–H groups in total. The summed E-state index contributed by atoms with van der Waals surface area (Å²) in [5, 5.41) is 12.3. The number of aryl methyl sites for hydroxylation is 1. The Bertz CT molecular complexity index is 302. The van der Waals surface area contributed by atoms with Crippen molar-refractivity contribution in [1.29, 1.82) is 0 Å². The van der Waals surface area contributed by atoms with E-state index >= 15 is 0 Å². The minimum atomic E-state index is -0.220. The summed E-state index contributed by atoms with van der Waals surface area (Å²) in [6, 6.07) is 1.99. The zero-order valence-electron chi connectivity index (χ0n) is 10.1. The molecule has 1 aromatic rings. The van der Waals surface area contributed by atoms with Crippen LogP contribution in [0.25, 0.3) is 0 Å². The Hall–Kier alpha value is -1.16. The fourth-order valence-corrected chi connectivity index (χ4v) is 1.50. The molecule has 0 aliphatic rings. The van der Waals surface area contributed by atoms with Crippen molar-refractivity contribution in [1.82, 2.24) is 9.97 Å². The quantitative estimate of drug-likeness (QED) is 0.694. The fourth-order valence-electron chi connectivity index (χ4n) is 1.50. The Morgan fingerprint density at radius 3 is 2.94 bits per heavy atom. The van der Waals surface area contributed by atoms with Gasteiger partial charge >= 0.3 is 0 Å². The first-order valence-electron chi connectivity index (χ1n) is 5.95. The first-order chi connectivity index (χ1) is 7.72. The van der Waals surface area contributed by atoms with Gasteiger partial charge < -0.3 is 10.4 Å². The zero-order valence-corrected chi connectivity index (χ0v) is 10.1. The van der Waals surface area contributed by atoms with E-state index in [1.807, 2.05) is 13.0 Å². The molecule has 0 bridgehead atoms. The topological polar surface area (TPSA) is 58.0 Å². The first-order valence-corrected chi connectivity index (χ1v) is 5.95. The van der Waals surface area contributed by atoms with Crippen LogP contribution >= 0.6 is 0 Å². The van der Waals surface area contributed by atoms with Gasteiger partial charge in [0.2, 0.25) is 0 Å². The summed E-state index contributed by atoms with van der Waals surface area (Å²) in [7, 11) is 0. The number of aromatic nitrogens is 2. The Labute approximate surface area is 97.1 Å². The molecule has 0 saturated heterocycles. The normalized spacial score (nSPS) is 12.4. The monoisotopic (exact) mass is 223 g/mol. The van der Waals surface area contributed by atoms with E-state index in [0.29, 0.717) is 0 Å². The number of nitrogens with one attached hydrogen (secondary N) is 1. The fraction of sp³-hybridized carbons (Fsp3) is 0.667. The average molecular weight is 223 g/mol. The maximum absolute atomic E-state index is 9.11. The summed E-state index contributed by atoms with van der Waals surface area (Å²) in [5.41, 5.74) is 1.08. The van der Waals surface area contributed by atoms with Crippen LogP contribution in [0.4, 0.5) is 5.82 Å². The highest BCUT2D eigenvalue weighted by Crippen LogP contribution is 2.06. The summed E-state index contributed by atoms with van der Waals surface area (Å²) in [5.74, 6) is 0.879. The third kappa shape index (κ3) is 5.07.